The number of alkyl halides is 1. The van der Waals surface area contributed by atoms with E-state index in [2.05, 4.69) is 21.2 Å². The van der Waals surface area contributed by atoms with Crippen molar-refractivity contribution >= 4 is 39.1 Å². The lowest BCUT2D eigenvalue weighted by atomic mass is 10.3. The quantitative estimate of drug-likeness (QED) is 0.816. The molecule has 0 fully saturated rings. The summed E-state index contributed by atoms with van der Waals surface area (Å²) in [6, 6.07) is 6.98. The Kier molecular flexibility index (Phi) is 3.75. The molecular weight excluding hydrogens is 253 g/mol. The van der Waals surface area contributed by atoms with Gasteiger partial charge in [0.2, 0.25) is 5.91 Å². The molecule has 0 heterocycles. The number of nitrogens with one attached hydrogen (secondary N) is 1. The molecule has 0 aliphatic carbocycles. The van der Waals surface area contributed by atoms with E-state index in [1.165, 1.54) is 0 Å². The molecule has 2 nitrogen and oxygen atoms in total. The van der Waals surface area contributed by atoms with Gasteiger partial charge in [-0.05, 0) is 31.2 Å². The van der Waals surface area contributed by atoms with Gasteiger partial charge in [-0.1, -0.05) is 27.5 Å². The van der Waals surface area contributed by atoms with Gasteiger partial charge in [0.15, 0.2) is 0 Å². The second-order valence-electron chi connectivity index (χ2n) is 2.61. The van der Waals surface area contributed by atoms with E-state index in [4.69, 9.17) is 11.6 Å². The summed E-state index contributed by atoms with van der Waals surface area (Å²) < 4.78 is 0. The van der Waals surface area contributed by atoms with Crippen LogP contribution in [0.25, 0.3) is 0 Å². The lowest BCUT2D eigenvalue weighted by Gasteiger charge is -2.05. The van der Waals surface area contributed by atoms with Crippen LogP contribution in [0, 0.1) is 0 Å². The zero-order chi connectivity index (χ0) is 9.84. The third-order valence-electron chi connectivity index (χ3n) is 1.47. The van der Waals surface area contributed by atoms with E-state index >= 15 is 0 Å². The van der Waals surface area contributed by atoms with Crippen LogP contribution < -0.4 is 5.32 Å². The number of hydrogen-bond donors (Lipinski definition) is 1. The smallest absolute Gasteiger partial charge is 0.237 e. The number of carbonyl (C=O) groups excluding carboxylic acids is 1. The minimum absolute atomic E-state index is 0.0673. The van der Waals surface area contributed by atoms with Crippen LogP contribution in [0.3, 0.4) is 0 Å². The summed E-state index contributed by atoms with van der Waals surface area (Å²) in [7, 11) is 0. The first kappa shape index (κ1) is 10.5. The molecule has 0 spiro atoms. The van der Waals surface area contributed by atoms with Crippen molar-refractivity contribution in [1.29, 1.82) is 0 Å². The van der Waals surface area contributed by atoms with Crippen molar-refractivity contribution in [3.63, 3.8) is 0 Å². The highest BCUT2D eigenvalue weighted by atomic mass is 79.9. The van der Waals surface area contributed by atoms with E-state index in [-0.39, 0.29) is 10.7 Å². The largest absolute Gasteiger partial charge is 0.325 e. The first-order valence-corrected chi connectivity index (χ1v) is 5.09. The summed E-state index contributed by atoms with van der Waals surface area (Å²) in [5.74, 6) is -0.0673. The van der Waals surface area contributed by atoms with Gasteiger partial charge in [-0.3, -0.25) is 4.79 Å². The van der Waals surface area contributed by atoms with Gasteiger partial charge in [0.05, 0.1) is 4.83 Å². The summed E-state index contributed by atoms with van der Waals surface area (Å²) in [4.78, 5) is 11.0. The van der Waals surface area contributed by atoms with Gasteiger partial charge in [0, 0.05) is 10.7 Å². The molecular formula is C9H9BrClNO. The zero-order valence-electron chi connectivity index (χ0n) is 7.05. The van der Waals surface area contributed by atoms with Crippen LogP contribution in [-0.4, -0.2) is 10.7 Å². The van der Waals surface area contributed by atoms with Gasteiger partial charge in [-0.25, -0.2) is 0 Å². The van der Waals surface area contributed by atoms with Crippen molar-refractivity contribution in [3.8, 4) is 0 Å². The molecule has 0 unspecified atom stereocenters. The molecule has 1 rings (SSSR count). The molecule has 70 valence electrons. The molecule has 0 saturated carbocycles. The Morgan fingerprint density at radius 1 is 1.46 bits per heavy atom. The third-order valence-corrected chi connectivity index (χ3v) is 2.14. The molecule has 0 aliphatic heterocycles. The molecule has 0 saturated heterocycles. The Balaban J connectivity index is 2.65. The summed E-state index contributed by atoms with van der Waals surface area (Å²) >= 11 is 8.86. The predicted octanol–water partition coefficient (Wildman–Crippen LogP) is 3.06. The average Bonchev–Trinajstić information content (AvgIpc) is 2.08. The maximum atomic E-state index is 11.2. The Bertz CT molecular complexity index is 297. The second-order valence-corrected chi connectivity index (χ2v) is 4.42. The lowest BCUT2D eigenvalue weighted by molar-refractivity contribution is -0.115. The van der Waals surface area contributed by atoms with Gasteiger partial charge in [-0.15, -0.1) is 0 Å². The number of benzene rings is 1. The Morgan fingerprint density at radius 3 is 2.46 bits per heavy atom. The van der Waals surface area contributed by atoms with Crippen LogP contribution in [0.5, 0.6) is 0 Å². The number of hydrogen-bond acceptors (Lipinski definition) is 1. The summed E-state index contributed by atoms with van der Waals surface area (Å²) in [5, 5.41) is 3.38. The van der Waals surface area contributed by atoms with Gasteiger partial charge < -0.3 is 5.32 Å². The Morgan fingerprint density at radius 2 is 2.00 bits per heavy atom. The molecule has 1 N–H and O–H groups in total. The van der Waals surface area contributed by atoms with Crippen LogP contribution in [0.1, 0.15) is 6.92 Å². The van der Waals surface area contributed by atoms with Gasteiger partial charge in [0.25, 0.3) is 0 Å². The second kappa shape index (κ2) is 4.63. The number of amides is 1. The number of carbonyl (C=O) groups is 1. The van der Waals surface area contributed by atoms with E-state index in [1.54, 1.807) is 31.2 Å². The monoisotopic (exact) mass is 261 g/mol. The number of anilines is 1. The molecule has 4 heteroatoms. The Hall–Kier alpha value is -0.540. The van der Waals surface area contributed by atoms with E-state index in [1.807, 2.05) is 0 Å². The van der Waals surface area contributed by atoms with Crippen molar-refractivity contribution in [2.24, 2.45) is 0 Å². The summed E-state index contributed by atoms with van der Waals surface area (Å²) in [6.45, 7) is 1.77. The number of rotatable bonds is 2. The van der Waals surface area contributed by atoms with Crippen molar-refractivity contribution in [2.75, 3.05) is 5.32 Å². The van der Waals surface area contributed by atoms with Crippen LogP contribution in [0.4, 0.5) is 5.69 Å². The molecule has 1 aromatic rings. The summed E-state index contributed by atoms with van der Waals surface area (Å²) in [6.07, 6.45) is 0. The highest BCUT2D eigenvalue weighted by Crippen LogP contribution is 2.14. The minimum atomic E-state index is -0.192. The van der Waals surface area contributed by atoms with Crippen LogP contribution >= 0.6 is 27.5 Å². The highest BCUT2D eigenvalue weighted by molar-refractivity contribution is 9.10. The molecule has 1 atom stereocenters. The maximum Gasteiger partial charge on any atom is 0.237 e. The normalized spacial score (nSPS) is 12.2. The van der Waals surface area contributed by atoms with E-state index in [9.17, 15) is 4.79 Å². The average molecular weight is 263 g/mol. The van der Waals surface area contributed by atoms with Crippen LogP contribution in [0.15, 0.2) is 24.3 Å². The fourth-order valence-corrected chi connectivity index (χ4v) is 1.02. The van der Waals surface area contributed by atoms with E-state index in [0.29, 0.717) is 5.02 Å². The Labute approximate surface area is 90.4 Å². The third kappa shape index (κ3) is 3.36. The van der Waals surface area contributed by atoms with Crippen molar-refractivity contribution in [3.05, 3.63) is 29.3 Å². The molecule has 0 aromatic heterocycles. The van der Waals surface area contributed by atoms with Crippen molar-refractivity contribution < 1.29 is 4.79 Å². The fourth-order valence-electron chi connectivity index (χ4n) is 0.775. The molecule has 0 aliphatic rings. The molecule has 1 amide bonds. The SMILES string of the molecule is C[C@H](Br)C(=O)Nc1ccc(Cl)cc1. The molecule has 13 heavy (non-hydrogen) atoms. The highest BCUT2D eigenvalue weighted by Gasteiger charge is 2.07. The minimum Gasteiger partial charge on any atom is -0.325 e. The van der Waals surface area contributed by atoms with Gasteiger partial charge >= 0.3 is 0 Å². The molecule has 0 bridgehead atoms. The van der Waals surface area contributed by atoms with Crippen molar-refractivity contribution in [2.45, 2.75) is 11.8 Å². The maximum absolute atomic E-state index is 11.2. The van der Waals surface area contributed by atoms with E-state index in [0.717, 1.165) is 5.69 Å². The standard InChI is InChI=1S/C9H9BrClNO/c1-6(10)9(13)12-8-4-2-7(11)3-5-8/h2-6H,1H3,(H,12,13)/t6-/m0/s1. The van der Waals surface area contributed by atoms with Crippen molar-refractivity contribution in [1.82, 2.24) is 0 Å². The zero-order valence-corrected chi connectivity index (χ0v) is 9.39. The van der Waals surface area contributed by atoms with E-state index < -0.39 is 0 Å². The van der Waals surface area contributed by atoms with Gasteiger partial charge in [-0.2, -0.15) is 0 Å². The van der Waals surface area contributed by atoms with Crippen LogP contribution in [-0.2, 0) is 4.79 Å². The number of halogens is 2. The first-order chi connectivity index (χ1) is 6.09. The fraction of sp³-hybridized carbons (Fsp3) is 0.222. The van der Waals surface area contributed by atoms with Gasteiger partial charge in [0.1, 0.15) is 0 Å². The first-order valence-electron chi connectivity index (χ1n) is 3.80. The topological polar surface area (TPSA) is 29.1 Å². The lowest BCUT2D eigenvalue weighted by Crippen LogP contribution is -2.19. The molecule has 0 radical (unpaired) electrons. The van der Waals surface area contributed by atoms with Crippen LogP contribution in [0.2, 0.25) is 5.02 Å². The predicted molar refractivity (Wildman–Crippen MR) is 58.5 cm³/mol. The summed E-state index contributed by atoms with van der Waals surface area (Å²) in [5.41, 5.74) is 0.751. The molecule has 1 aromatic carbocycles.